The number of hydrogen-bond acceptors (Lipinski definition) is 28. The van der Waals surface area contributed by atoms with Crippen molar-refractivity contribution in [1.29, 1.82) is 0 Å². The summed E-state index contributed by atoms with van der Waals surface area (Å²) >= 11 is 2.34. The Labute approximate surface area is 701 Å². The van der Waals surface area contributed by atoms with E-state index in [0.29, 0.717) is 88.7 Å². The van der Waals surface area contributed by atoms with E-state index in [4.69, 9.17) is 52.1 Å². The third-order valence-corrected chi connectivity index (χ3v) is 22.6. The molecule has 41 heteroatoms. The Balaban J connectivity index is 0.000000136. The molecule has 5 aliphatic heterocycles. The average Bonchev–Trinajstić information content (AvgIpc) is 1.60. The zero-order chi connectivity index (χ0) is 84.3. The first kappa shape index (κ1) is 83.2. The topological polar surface area (TPSA) is 483 Å². The normalized spacial score (nSPS) is 23.6. The van der Waals surface area contributed by atoms with E-state index in [-0.39, 0.29) is 90.2 Å². The molecule has 12 aromatic rings. The molecule has 10 N–H and O–H groups in total. The van der Waals surface area contributed by atoms with Gasteiger partial charge in [0.15, 0.2) is 82.3 Å². The first-order chi connectivity index (χ1) is 59.6. The fourth-order valence-corrected chi connectivity index (χ4v) is 16.7. The third kappa shape index (κ3) is 18.3. The van der Waals surface area contributed by atoms with Crippen molar-refractivity contribution in [3.63, 3.8) is 0 Å². The molecule has 39 nitrogen and oxygen atoms in total. The van der Waals surface area contributed by atoms with Gasteiger partial charge in [0.2, 0.25) is 0 Å². The Morgan fingerprint density at radius 2 is 0.893 bits per heavy atom. The Morgan fingerprint density at radius 1 is 0.467 bits per heavy atom. The standard InChI is InChI=1S/C29H30N6O6S.C26H27N7O7.C26H26N6O7S/c1-2-30-29(38)34-26-22-27(32-15-31-26)35(16-33-22)20-12-19(14-39-13-18-10-11-42-25(18)28(36)37)23-24(20)41-21(40-23)9-8-17-6-4-3-5-7-17;1-2-28-26(36)32-21-18-22(30-12-29-21)33(13-31-18)23-20-19(39-25(40-20)14-6-4-3-5-7-14)17(38-23)11-37-10-15-8-27-9-16(15)24(34)35;1-2-27-26(35)31-21-17-22(29-12-28-21)32(13-30-17)23-19-18(38-25(39-19)14-6-4-3-5-7-14)16(37-23)11-36-10-15-8-9-40-20(15)24(33)34/h3-11,15-16,19-21,23-24H,2,12-14H2,1H3,(H,36,37)(H2,30,31,32,34,38);3-9,12-13,17,19-20,23,25,27H,2,10-11H2,1H3,(H,34,35)(H2,28,29,30,32,36);3-9,12-13,16,18-19,23,25H,2,10-11H2,1H3,(H,33,34)(H2,27,28,29,31,35)/b9-8+;;/t19?,20?,21-,23?,24?;17?,19?,20?,23?,25-;16?,18?,19?,23?,25-/m000/s1. The molecule has 5 saturated heterocycles. The van der Waals surface area contributed by atoms with Crippen LogP contribution >= 0.6 is 22.7 Å². The van der Waals surface area contributed by atoms with Crippen LogP contribution in [0.15, 0.2) is 170 Å². The molecular weight excluding hydrogens is 1620 g/mol. The maximum Gasteiger partial charge on any atom is 0.346 e. The fraction of sp³-hybridized carbons (Fsp3) is 0.346. The van der Waals surface area contributed by atoms with E-state index in [9.17, 15) is 44.1 Å². The summed E-state index contributed by atoms with van der Waals surface area (Å²) in [5, 5.41) is 47.8. The second kappa shape index (κ2) is 38.1. The highest BCUT2D eigenvalue weighted by Crippen LogP contribution is 2.49. The number of nitrogens with one attached hydrogen (secondary N) is 7. The van der Waals surface area contributed by atoms with Crippen LogP contribution in [0, 0.1) is 5.92 Å². The molecule has 122 heavy (non-hydrogen) atoms. The van der Waals surface area contributed by atoms with Crippen LogP contribution in [0.3, 0.4) is 0 Å². The average molecular weight is 1710 g/mol. The number of carboxylic acid groups (broad SMARTS) is 3. The summed E-state index contributed by atoms with van der Waals surface area (Å²) in [5.41, 5.74) is 7.39. The number of hydrogen-bond donors (Lipinski definition) is 10. The number of fused-ring (bicyclic) bond motifs is 6. The minimum Gasteiger partial charge on any atom is -0.478 e. The van der Waals surface area contributed by atoms with Gasteiger partial charge in [-0.1, -0.05) is 97.1 Å². The number of carbonyl (C=O) groups excluding carboxylic acids is 3. The number of urea groups is 3. The largest absolute Gasteiger partial charge is 0.478 e. The molecule has 6 amide bonds. The lowest BCUT2D eigenvalue weighted by Crippen LogP contribution is -2.31. The number of carbonyl (C=O) groups is 6. The molecule has 0 spiro atoms. The maximum atomic E-state index is 12.1. The highest BCUT2D eigenvalue weighted by atomic mass is 32.1. The molecule has 9 aromatic heterocycles. The Bertz CT molecular complexity index is 5470. The molecule has 3 aromatic carbocycles. The van der Waals surface area contributed by atoms with Gasteiger partial charge in [-0.15, -0.1) is 22.7 Å². The number of imidazole rings is 3. The maximum absolute atomic E-state index is 12.1. The van der Waals surface area contributed by atoms with E-state index in [2.05, 4.69) is 81.7 Å². The van der Waals surface area contributed by atoms with E-state index in [1.54, 1.807) is 57.2 Å². The molecular formula is C81H83N19O20S2. The second-order valence-corrected chi connectivity index (χ2v) is 30.3. The van der Waals surface area contributed by atoms with E-state index >= 15 is 0 Å². The van der Waals surface area contributed by atoms with Crippen molar-refractivity contribution in [2.45, 2.75) is 133 Å². The second-order valence-electron chi connectivity index (χ2n) is 28.4. The highest BCUT2D eigenvalue weighted by molar-refractivity contribution is 7.12. The summed E-state index contributed by atoms with van der Waals surface area (Å²) in [4.78, 5) is 113. The number of thiophene rings is 2. The number of H-pyrrole nitrogens is 1. The lowest BCUT2D eigenvalue weighted by atomic mass is 10.1. The van der Waals surface area contributed by atoms with E-state index < -0.39 is 97.9 Å². The Hall–Kier alpha value is -12.5. The van der Waals surface area contributed by atoms with Crippen molar-refractivity contribution in [3.8, 4) is 0 Å². The number of aromatic nitrogens is 13. The number of rotatable bonds is 28. The first-order valence-electron chi connectivity index (χ1n) is 39.0. The zero-order valence-corrected chi connectivity index (χ0v) is 67.1. The predicted octanol–water partition coefficient (Wildman–Crippen LogP) is 10.2. The number of aromatic amines is 1. The SMILES string of the molecule is CCNC(=O)Nc1ncnc2c1ncn2C1CC(COCc2ccsc2C(=O)O)C2O[C@H](/C=C/c3ccccc3)OC21.CCNC(=O)Nc1ncnc2c1ncn2C1OC(COCc2c[nH]cc2C(=O)O)C2O[C@H](c3ccccc3)OC21.CCNC(=O)Nc1ncnc2c1ncn2C1OC(COCc2ccsc2C(=O)O)C2O[C@H](c3ccccc3)OC21. The van der Waals surface area contributed by atoms with Gasteiger partial charge in [0.25, 0.3) is 0 Å². The van der Waals surface area contributed by atoms with E-state index in [1.807, 2.05) is 128 Å². The molecule has 1 saturated carbocycles. The third-order valence-electron chi connectivity index (χ3n) is 20.7. The van der Waals surface area contributed by atoms with Crippen molar-refractivity contribution in [2.24, 2.45) is 5.92 Å². The zero-order valence-electron chi connectivity index (χ0n) is 65.4. The molecule has 0 bridgehead atoms. The number of amides is 6. The number of carboxylic acids is 3. The summed E-state index contributed by atoms with van der Waals surface area (Å²) < 4.78 is 74.3. The molecule has 12 unspecified atom stereocenters. The van der Waals surface area contributed by atoms with Gasteiger partial charge in [-0.25, -0.2) is 73.6 Å². The minimum absolute atomic E-state index is 0.0331. The monoisotopic (exact) mass is 1710 g/mol. The molecule has 18 rings (SSSR count). The van der Waals surface area contributed by atoms with Gasteiger partial charge in [0.1, 0.15) is 71.5 Å². The Morgan fingerprint density at radius 3 is 1.35 bits per heavy atom. The van der Waals surface area contributed by atoms with Crippen molar-refractivity contribution < 1.29 is 96.2 Å². The van der Waals surface area contributed by atoms with Crippen LogP contribution in [-0.4, -0.2) is 209 Å². The summed E-state index contributed by atoms with van der Waals surface area (Å²) in [6.45, 7) is 7.86. The molecule has 6 aliphatic rings. The summed E-state index contributed by atoms with van der Waals surface area (Å²) in [6.07, 6.45) is 9.62. The van der Waals surface area contributed by atoms with Gasteiger partial charge in [-0.05, 0) is 61.7 Å². The van der Waals surface area contributed by atoms with Crippen LogP contribution in [0.5, 0.6) is 0 Å². The number of aromatic carboxylic acids is 3. The highest BCUT2D eigenvalue weighted by Gasteiger charge is 2.57. The number of benzene rings is 3. The number of nitrogens with zero attached hydrogens (tertiary/aromatic N) is 12. The smallest absolute Gasteiger partial charge is 0.346 e. The molecule has 634 valence electrons. The lowest BCUT2D eigenvalue weighted by molar-refractivity contribution is -0.158. The van der Waals surface area contributed by atoms with E-state index in [0.717, 1.165) is 28.0 Å². The fourth-order valence-electron chi connectivity index (χ4n) is 15.2. The summed E-state index contributed by atoms with van der Waals surface area (Å²) in [7, 11) is 0. The van der Waals surface area contributed by atoms with Crippen molar-refractivity contribution in [2.75, 3.05) is 55.4 Å². The lowest BCUT2D eigenvalue weighted by Gasteiger charge is -2.21. The van der Waals surface area contributed by atoms with Gasteiger partial charge in [-0.3, -0.25) is 25.1 Å². The summed E-state index contributed by atoms with van der Waals surface area (Å²) in [5.74, 6) is -2.18. The van der Waals surface area contributed by atoms with Crippen LogP contribution in [-0.2, 0) is 71.9 Å². The van der Waals surface area contributed by atoms with Crippen molar-refractivity contribution in [3.05, 3.63) is 219 Å². The molecule has 0 radical (unpaired) electrons. The molecule has 14 heterocycles. The number of anilines is 3. The quantitative estimate of drug-likeness (QED) is 0.0218. The van der Waals surface area contributed by atoms with Gasteiger partial charge >= 0.3 is 36.0 Å². The molecule has 6 fully saturated rings. The van der Waals surface area contributed by atoms with Gasteiger partial charge in [0.05, 0.1) is 76.3 Å². The van der Waals surface area contributed by atoms with Crippen molar-refractivity contribution >= 4 is 116 Å². The van der Waals surface area contributed by atoms with E-state index in [1.165, 1.54) is 36.5 Å². The molecule has 15 atom stereocenters. The van der Waals surface area contributed by atoms with Crippen LogP contribution in [0.1, 0.15) is 121 Å². The molecule has 1 aliphatic carbocycles. The van der Waals surface area contributed by atoms with Gasteiger partial charge in [0, 0.05) is 65.8 Å². The van der Waals surface area contributed by atoms with Crippen LogP contribution < -0.4 is 31.9 Å². The van der Waals surface area contributed by atoms with Crippen LogP contribution in [0.2, 0.25) is 0 Å². The predicted molar refractivity (Wildman–Crippen MR) is 435 cm³/mol. The van der Waals surface area contributed by atoms with Crippen LogP contribution in [0.4, 0.5) is 31.8 Å². The first-order valence-corrected chi connectivity index (χ1v) is 40.8. The van der Waals surface area contributed by atoms with Gasteiger partial charge in [-0.2, -0.15) is 0 Å². The summed E-state index contributed by atoms with van der Waals surface area (Å²) in [6, 6.07) is 31.2. The van der Waals surface area contributed by atoms with Crippen LogP contribution in [0.25, 0.3) is 39.6 Å². The number of ether oxygens (including phenoxy) is 11. The van der Waals surface area contributed by atoms with Crippen molar-refractivity contribution in [1.82, 2.24) is 79.5 Å². The minimum atomic E-state index is -1.04. The Kier molecular flexibility index (Phi) is 26.0. The van der Waals surface area contributed by atoms with Gasteiger partial charge < -0.3 is 92.9 Å².